The number of carbonyl (C=O) groups is 1. The number of sulfonamides is 1. The summed E-state index contributed by atoms with van der Waals surface area (Å²) in [6.45, 7) is 5.60. The standard InChI is InChI=1S/C13H21N3O3S/c1-8(2)12(13(14)17)16-9(3)10-5-4-6-11(7-10)20(15,18)19/h4-9,12,16H,1-3H3,(H2,14,17)(H2,15,18,19). The van der Waals surface area contributed by atoms with Crippen LogP contribution in [0, 0.1) is 5.92 Å². The predicted molar refractivity (Wildman–Crippen MR) is 77.2 cm³/mol. The monoisotopic (exact) mass is 299 g/mol. The third-order valence-electron chi connectivity index (χ3n) is 3.09. The van der Waals surface area contributed by atoms with Gasteiger partial charge in [-0.3, -0.25) is 10.1 Å². The number of benzene rings is 1. The molecule has 5 N–H and O–H groups in total. The van der Waals surface area contributed by atoms with Crippen molar-refractivity contribution in [2.45, 2.75) is 37.8 Å². The van der Waals surface area contributed by atoms with Gasteiger partial charge in [0.05, 0.1) is 10.9 Å². The number of rotatable bonds is 6. The van der Waals surface area contributed by atoms with Crippen LogP contribution in [0.25, 0.3) is 0 Å². The molecule has 1 amide bonds. The maximum Gasteiger partial charge on any atom is 0.238 e. The van der Waals surface area contributed by atoms with Crippen LogP contribution in [0.4, 0.5) is 0 Å². The average molecular weight is 299 g/mol. The van der Waals surface area contributed by atoms with Crippen LogP contribution >= 0.6 is 0 Å². The molecule has 6 nitrogen and oxygen atoms in total. The van der Waals surface area contributed by atoms with E-state index >= 15 is 0 Å². The van der Waals surface area contributed by atoms with Gasteiger partial charge in [0.15, 0.2) is 0 Å². The van der Waals surface area contributed by atoms with E-state index in [2.05, 4.69) is 5.32 Å². The Hall–Kier alpha value is -1.44. The van der Waals surface area contributed by atoms with Crippen molar-refractivity contribution < 1.29 is 13.2 Å². The number of amides is 1. The molecule has 0 heterocycles. The largest absolute Gasteiger partial charge is 0.368 e. The van der Waals surface area contributed by atoms with Crippen molar-refractivity contribution in [1.82, 2.24) is 5.32 Å². The second-order valence-corrected chi connectivity index (χ2v) is 6.69. The molecule has 0 spiro atoms. The van der Waals surface area contributed by atoms with Gasteiger partial charge in [-0.1, -0.05) is 26.0 Å². The second kappa shape index (κ2) is 6.34. The molecular formula is C13H21N3O3S. The van der Waals surface area contributed by atoms with E-state index in [1.54, 1.807) is 12.1 Å². The van der Waals surface area contributed by atoms with Crippen LogP contribution in [0.2, 0.25) is 0 Å². The number of primary sulfonamides is 1. The highest BCUT2D eigenvalue weighted by Crippen LogP contribution is 2.18. The normalized spacial score (nSPS) is 15.1. The topological polar surface area (TPSA) is 115 Å². The van der Waals surface area contributed by atoms with Crippen molar-refractivity contribution in [3.05, 3.63) is 29.8 Å². The van der Waals surface area contributed by atoms with Crippen molar-refractivity contribution in [1.29, 1.82) is 0 Å². The average Bonchev–Trinajstić information content (AvgIpc) is 2.34. The molecule has 0 saturated heterocycles. The van der Waals surface area contributed by atoms with E-state index in [4.69, 9.17) is 10.9 Å². The van der Waals surface area contributed by atoms with Gasteiger partial charge in [0, 0.05) is 6.04 Å². The van der Waals surface area contributed by atoms with Crippen LogP contribution in [0.15, 0.2) is 29.2 Å². The molecule has 0 fully saturated rings. The molecule has 0 saturated carbocycles. The summed E-state index contributed by atoms with van der Waals surface area (Å²) in [6, 6.07) is 5.59. The molecule has 1 aromatic rings. The van der Waals surface area contributed by atoms with E-state index in [0.717, 1.165) is 5.56 Å². The van der Waals surface area contributed by atoms with E-state index in [0.29, 0.717) is 0 Å². The molecule has 0 aromatic heterocycles. The minimum absolute atomic E-state index is 0.0383. The molecule has 0 radical (unpaired) electrons. The Morgan fingerprint density at radius 2 is 1.85 bits per heavy atom. The Morgan fingerprint density at radius 1 is 1.25 bits per heavy atom. The molecule has 2 unspecified atom stereocenters. The fourth-order valence-electron chi connectivity index (χ4n) is 1.93. The third-order valence-corrected chi connectivity index (χ3v) is 4.00. The minimum Gasteiger partial charge on any atom is -0.368 e. The first-order chi connectivity index (χ1) is 9.12. The number of hydrogen-bond donors (Lipinski definition) is 3. The molecule has 0 aliphatic heterocycles. The zero-order valence-electron chi connectivity index (χ0n) is 11.8. The lowest BCUT2D eigenvalue weighted by atomic mass is 10.0. The molecule has 1 rings (SSSR count). The van der Waals surface area contributed by atoms with Gasteiger partial charge in [0.2, 0.25) is 15.9 Å². The zero-order valence-corrected chi connectivity index (χ0v) is 12.6. The maximum atomic E-state index is 11.4. The van der Waals surface area contributed by atoms with Gasteiger partial charge in [-0.25, -0.2) is 13.6 Å². The quantitative estimate of drug-likeness (QED) is 0.709. The van der Waals surface area contributed by atoms with Crippen LogP contribution in [0.1, 0.15) is 32.4 Å². The lowest BCUT2D eigenvalue weighted by Crippen LogP contribution is -2.45. The second-order valence-electron chi connectivity index (χ2n) is 5.13. The first-order valence-electron chi connectivity index (χ1n) is 6.31. The summed E-state index contributed by atoms with van der Waals surface area (Å²) in [5.74, 6) is -0.397. The lowest BCUT2D eigenvalue weighted by molar-refractivity contribution is -0.121. The molecule has 0 bridgehead atoms. The van der Waals surface area contributed by atoms with E-state index in [-0.39, 0.29) is 16.9 Å². The lowest BCUT2D eigenvalue weighted by Gasteiger charge is -2.24. The van der Waals surface area contributed by atoms with E-state index < -0.39 is 22.0 Å². The van der Waals surface area contributed by atoms with Gasteiger partial charge in [-0.05, 0) is 30.5 Å². The van der Waals surface area contributed by atoms with Gasteiger partial charge in [0.1, 0.15) is 0 Å². The first kappa shape index (κ1) is 16.6. The first-order valence-corrected chi connectivity index (χ1v) is 7.85. The number of primary amides is 1. The van der Waals surface area contributed by atoms with Crippen LogP contribution in [-0.2, 0) is 14.8 Å². The molecule has 20 heavy (non-hydrogen) atoms. The minimum atomic E-state index is -3.74. The van der Waals surface area contributed by atoms with Crippen LogP contribution in [-0.4, -0.2) is 20.4 Å². The third kappa shape index (κ3) is 4.29. The summed E-state index contributed by atoms with van der Waals surface area (Å²) in [7, 11) is -3.74. The van der Waals surface area contributed by atoms with Crippen molar-refractivity contribution in [2.75, 3.05) is 0 Å². The molecule has 1 aromatic carbocycles. The van der Waals surface area contributed by atoms with Gasteiger partial charge in [0.25, 0.3) is 0 Å². The highest BCUT2D eigenvalue weighted by molar-refractivity contribution is 7.89. The Labute approximate surface area is 119 Å². The van der Waals surface area contributed by atoms with Crippen LogP contribution in [0.5, 0.6) is 0 Å². The van der Waals surface area contributed by atoms with Gasteiger partial charge >= 0.3 is 0 Å². The number of carbonyl (C=O) groups excluding carboxylic acids is 1. The molecular weight excluding hydrogens is 278 g/mol. The summed E-state index contributed by atoms with van der Waals surface area (Å²) in [6.07, 6.45) is 0. The highest BCUT2D eigenvalue weighted by atomic mass is 32.2. The maximum absolute atomic E-state index is 11.4. The molecule has 0 aliphatic rings. The van der Waals surface area contributed by atoms with Crippen molar-refractivity contribution >= 4 is 15.9 Å². The fourth-order valence-corrected chi connectivity index (χ4v) is 2.50. The predicted octanol–water partition coefficient (Wildman–Crippen LogP) is 0.495. The Balaban J connectivity index is 2.98. The summed E-state index contributed by atoms with van der Waals surface area (Å²) < 4.78 is 22.7. The smallest absolute Gasteiger partial charge is 0.238 e. The Bertz CT molecular complexity index is 584. The molecule has 0 aliphatic carbocycles. The number of hydrogen-bond acceptors (Lipinski definition) is 4. The van der Waals surface area contributed by atoms with Gasteiger partial charge in [-0.2, -0.15) is 0 Å². The number of nitrogens with two attached hydrogens (primary N) is 2. The summed E-state index contributed by atoms with van der Waals surface area (Å²) in [5, 5.41) is 8.20. The van der Waals surface area contributed by atoms with Gasteiger partial charge < -0.3 is 5.73 Å². The fraction of sp³-hybridized carbons (Fsp3) is 0.462. The van der Waals surface area contributed by atoms with E-state index in [1.165, 1.54) is 12.1 Å². The summed E-state index contributed by atoms with van der Waals surface area (Å²) in [5.41, 5.74) is 6.07. The van der Waals surface area contributed by atoms with Crippen molar-refractivity contribution in [2.24, 2.45) is 16.8 Å². The van der Waals surface area contributed by atoms with E-state index in [9.17, 15) is 13.2 Å². The zero-order chi connectivity index (χ0) is 15.5. The van der Waals surface area contributed by atoms with Crippen molar-refractivity contribution in [3.63, 3.8) is 0 Å². The van der Waals surface area contributed by atoms with E-state index in [1.807, 2.05) is 20.8 Å². The number of nitrogens with one attached hydrogen (secondary N) is 1. The molecule has 7 heteroatoms. The Kier molecular flexibility index (Phi) is 5.27. The summed E-state index contributed by atoms with van der Waals surface area (Å²) >= 11 is 0. The molecule has 2 atom stereocenters. The highest BCUT2D eigenvalue weighted by Gasteiger charge is 2.22. The van der Waals surface area contributed by atoms with Crippen LogP contribution < -0.4 is 16.2 Å². The molecule has 112 valence electrons. The van der Waals surface area contributed by atoms with Gasteiger partial charge in [-0.15, -0.1) is 0 Å². The Morgan fingerprint density at radius 3 is 2.30 bits per heavy atom. The summed E-state index contributed by atoms with van der Waals surface area (Å²) in [4.78, 5) is 11.4. The van der Waals surface area contributed by atoms with Crippen molar-refractivity contribution in [3.8, 4) is 0 Å². The van der Waals surface area contributed by atoms with Crippen LogP contribution in [0.3, 0.4) is 0 Å². The SMILES string of the molecule is CC(NC(C(N)=O)C(C)C)c1cccc(S(N)(=O)=O)c1.